The summed E-state index contributed by atoms with van der Waals surface area (Å²) < 4.78 is 7.58. The Morgan fingerprint density at radius 3 is 3.00 bits per heavy atom. The van der Waals surface area contributed by atoms with Crippen LogP contribution >= 0.6 is 0 Å². The fraction of sp³-hybridized carbons (Fsp3) is 0.471. The van der Waals surface area contributed by atoms with Gasteiger partial charge in [-0.15, -0.1) is 0 Å². The summed E-state index contributed by atoms with van der Waals surface area (Å²) in [5, 5.41) is 17.2. The monoisotopic (exact) mass is 301 g/mol. The zero-order valence-electron chi connectivity index (χ0n) is 13.2. The molecule has 1 aliphatic heterocycles. The van der Waals surface area contributed by atoms with Crippen LogP contribution < -0.4 is 10.1 Å². The average Bonchev–Trinajstić information content (AvgIpc) is 2.80. The predicted molar refractivity (Wildman–Crippen MR) is 84.9 cm³/mol. The van der Waals surface area contributed by atoms with Crippen LogP contribution in [0.1, 0.15) is 35.0 Å². The molecule has 2 N–H and O–H groups in total. The number of nitrogens with one attached hydrogen (secondary N) is 1. The van der Waals surface area contributed by atoms with E-state index in [9.17, 15) is 0 Å². The lowest BCUT2D eigenvalue weighted by Crippen LogP contribution is -2.27. The van der Waals surface area contributed by atoms with Crippen LogP contribution in [0.15, 0.2) is 24.3 Å². The number of benzene rings is 1. The Kier molecular flexibility index (Phi) is 4.45. The number of nitrogens with zero attached hydrogens (tertiary/aromatic N) is 2. The quantitative estimate of drug-likeness (QED) is 0.888. The van der Waals surface area contributed by atoms with Crippen LogP contribution in [0.2, 0.25) is 0 Å². The molecule has 0 fully saturated rings. The topological polar surface area (TPSA) is 59.3 Å². The molecule has 1 atom stereocenters. The molecule has 0 bridgehead atoms. The van der Waals surface area contributed by atoms with Gasteiger partial charge in [-0.05, 0) is 19.9 Å². The molecule has 0 aliphatic carbocycles. The Morgan fingerprint density at radius 2 is 2.18 bits per heavy atom. The standard InChI is InChI=1S/C17H23N3O2/c1-12-15(13(2)20(19-12)8-9-21)11-18-16-7-10-22-17-6-4-3-5-14(16)17/h3-6,16,18,21H,7-11H2,1-2H3/t16-/m0/s1. The third kappa shape index (κ3) is 2.87. The van der Waals surface area contributed by atoms with Crippen molar-refractivity contribution in [3.8, 4) is 5.75 Å². The number of aliphatic hydroxyl groups excluding tert-OH is 1. The van der Waals surface area contributed by atoms with E-state index in [0.29, 0.717) is 12.6 Å². The van der Waals surface area contributed by atoms with E-state index >= 15 is 0 Å². The van der Waals surface area contributed by atoms with Crippen molar-refractivity contribution in [1.82, 2.24) is 15.1 Å². The highest BCUT2D eigenvalue weighted by Crippen LogP contribution is 2.31. The van der Waals surface area contributed by atoms with Gasteiger partial charge in [0.05, 0.1) is 25.5 Å². The van der Waals surface area contributed by atoms with Crippen LogP contribution in [0, 0.1) is 13.8 Å². The zero-order valence-corrected chi connectivity index (χ0v) is 13.2. The normalized spacial score (nSPS) is 17.1. The lowest BCUT2D eigenvalue weighted by molar-refractivity contribution is 0.252. The molecule has 3 rings (SSSR count). The minimum atomic E-state index is 0.113. The molecule has 2 aromatic rings. The Labute approximate surface area is 130 Å². The van der Waals surface area contributed by atoms with Crippen LogP contribution in [0.4, 0.5) is 0 Å². The van der Waals surface area contributed by atoms with E-state index in [1.54, 1.807) is 0 Å². The summed E-state index contributed by atoms with van der Waals surface area (Å²) in [5.74, 6) is 0.982. The summed E-state index contributed by atoms with van der Waals surface area (Å²) in [5.41, 5.74) is 4.60. The Morgan fingerprint density at radius 1 is 1.36 bits per heavy atom. The first kappa shape index (κ1) is 15.1. The first-order chi connectivity index (χ1) is 10.7. The van der Waals surface area contributed by atoms with Gasteiger partial charge >= 0.3 is 0 Å². The van der Waals surface area contributed by atoms with Crippen LogP contribution in [0.25, 0.3) is 0 Å². The smallest absolute Gasteiger partial charge is 0.124 e. The highest BCUT2D eigenvalue weighted by Gasteiger charge is 2.21. The van der Waals surface area contributed by atoms with Gasteiger partial charge in [-0.25, -0.2) is 0 Å². The predicted octanol–water partition coefficient (Wildman–Crippen LogP) is 2.11. The van der Waals surface area contributed by atoms with Crippen LogP contribution in [-0.2, 0) is 13.1 Å². The van der Waals surface area contributed by atoms with E-state index in [-0.39, 0.29) is 6.61 Å². The maximum absolute atomic E-state index is 9.10. The van der Waals surface area contributed by atoms with Crippen molar-refractivity contribution in [2.24, 2.45) is 0 Å². The molecule has 5 nitrogen and oxygen atoms in total. The molecule has 22 heavy (non-hydrogen) atoms. The second kappa shape index (κ2) is 6.50. The van der Waals surface area contributed by atoms with Gasteiger partial charge in [-0.3, -0.25) is 4.68 Å². The summed E-state index contributed by atoms with van der Waals surface area (Å²) in [6.07, 6.45) is 0.972. The molecular formula is C17H23N3O2. The maximum Gasteiger partial charge on any atom is 0.124 e. The van der Waals surface area contributed by atoms with E-state index in [4.69, 9.17) is 9.84 Å². The van der Waals surface area contributed by atoms with Gasteiger partial charge in [-0.2, -0.15) is 5.10 Å². The Bertz CT molecular complexity index is 651. The van der Waals surface area contributed by atoms with Crippen molar-refractivity contribution in [3.63, 3.8) is 0 Å². The first-order valence-corrected chi connectivity index (χ1v) is 7.79. The van der Waals surface area contributed by atoms with Crippen LogP contribution in [0.5, 0.6) is 5.75 Å². The number of fused-ring (bicyclic) bond motifs is 1. The molecule has 118 valence electrons. The molecule has 1 aliphatic rings. The number of rotatable bonds is 5. The molecule has 0 amide bonds. The van der Waals surface area contributed by atoms with Gasteiger partial charge in [0.1, 0.15) is 5.75 Å². The van der Waals surface area contributed by atoms with Gasteiger partial charge in [-0.1, -0.05) is 18.2 Å². The molecule has 0 saturated carbocycles. The van der Waals surface area contributed by atoms with Gasteiger partial charge in [0.15, 0.2) is 0 Å². The second-order valence-corrected chi connectivity index (χ2v) is 5.70. The number of aliphatic hydroxyl groups is 1. The zero-order chi connectivity index (χ0) is 15.5. The summed E-state index contributed by atoms with van der Waals surface area (Å²) in [7, 11) is 0. The highest BCUT2D eigenvalue weighted by atomic mass is 16.5. The molecule has 0 unspecified atom stereocenters. The molecule has 1 aromatic heterocycles. The Balaban J connectivity index is 1.74. The average molecular weight is 301 g/mol. The Hall–Kier alpha value is -1.85. The highest BCUT2D eigenvalue weighted by molar-refractivity contribution is 5.37. The number of hydrogen-bond acceptors (Lipinski definition) is 4. The van der Waals surface area contributed by atoms with Gasteiger partial charge in [0.2, 0.25) is 0 Å². The van der Waals surface area contributed by atoms with Crippen molar-refractivity contribution in [2.75, 3.05) is 13.2 Å². The summed E-state index contributed by atoms with van der Waals surface area (Å²) in [6, 6.07) is 8.52. The fourth-order valence-electron chi connectivity index (χ4n) is 3.08. The first-order valence-electron chi connectivity index (χ1n) is 7.79. The molecule has 0 saturated heterocycles. The fourth-order valence-corrected chi connectivity index (χ4v) is 3.08. The molecule has 5 heteroatoms. The number of para-hydroxylation sites is 1. The van der Waals surface area contributed by atoms with Crippen molar-refractivity contribution in [2.45, 2.75) is 39.4 Å². The summed E-state index contributed by atoms with van der Waals surface area (Å²) in [6.45, 7) is 6.27. The van der Waals surface area contributed by atoms with Crippen molar-refractivity contribution < 1.29 is 9.84 Å². The van der Waals surface area contributed by atoms with E-state index < -0.39 is 0 Å². The number of aryl methyl sites for hydroxylation is 1. The lowest BCUT2D eigenvalue weighted by Gasteiger charge is -2.26. The van der Waals surface area contributed by atoms with Gasteiger partial charge in [0.25, 0.3) is 0 Å². The van der Waals surface area contributed by atoms with Crippen molar-refractivity contribution >= 4 is 0 Å². The molecule has 0 spiro atoms. The summed E-state index contributed by atoms with van der Waals surface area (Å²) in [4.78, 5) is 0. The molecule has 2 heterocycles. The maximum atomic E-state index is 9.10. The molecule has 0 radical (unpaired) electrons. The van der Waals surface area contributed by atoms with Gasteiger partial charge < -0.3 is 15.2 Å². The third-order valence-electron chi connectivity index (χ3n) is 4.33. The van der Waals surface area contributed by atoms with E-state index in [0.717, 1.165) is 36.7 Å². The van der Waals surface area contributed by atoms with Gasteiger partial charge in [0, 0.05) is 35.8 Å². The van der Waals surface area contributed by atoms with Crippen LogP contribution in [-0.4, -0.2) is 28.1 Å². The van der Waals surface area contributed by atoms with E-state index in [1.807, 2.05) is 23.7 Å². The lowest BCUT2D eigenvalue weighted by atomic mass is 10.00. The summed E-state index contributed by atoms with van der Waals surface area (Å²) >= 11 is 0. The van der Waals surface area contributed by atoms with Crippen molar-refractivity contribution in [1.29, 1.82) is 0 Å². The SMILES string of the molecule is Cc1nn(CCO)c(C)c1CN[C@H]1CCOc2ccccc21. The van der Waals surface area contributed by atoms with E-state index in [1.165, 1.54) is 11.1 Å². The third-order valence-corrected chi connectivity index (χ3v) is 4.33. The van der Waals surface area contributed by atoms with Crippen molar-refractivity contribution in [3.05, 3.63) is 46.8 Å². The van der Waals surface area contributed by atoms with E-state index in [2.05, 4.69) is 29.5 Å². The number of ether oxygens (including phenoxy) is 1. The number of aromatic nitrogens is 2. The second-order valence-electron chi connectivity index (χ2n) is 5.70. The van der Waals surface area contributed by atoms with Crippen LogP contribution in [0.3, 0.4) is 0 Å². The largest absolute Gasteiger partial charge is 0.493 e. The molecule has 1 aromatic carbocycles. The molecular weight excluding hydrogens is 278 g/mol. The minimum absolute atomic E-state index is 0.113. The minimum Gasteiger partial charge on any atom is -0.493 e. The number of hydrogen-bond donors (Lipinski definition) is 2.